The molecule has 0 spiro atoms. The van der Waals surface area contributed by atoms with Crippen LogP contribution in [0.4, 0.5) is 17.2 Å². The van der Waals surface area contributed by atoms with Crippen LogP contribution in [-0.4, -0.2) is 86.8 Å². The number of carbonyl (C=O) groups excluding carboxylic acids is 4. The third kappa shape index (κ3) is 6.88. The van der Waals surface area contributed by atoms with Crippen LogP contribution in [0.1, 0.15) is 50.7 Å². The van der Waals surface area contributed by atoms with E-state index in [4.69, 9.17) is 14.2 Å². The fourth-order valence-corrected chi connectivity index (χ4v) is 6.54. The molecule has 5 heterocycles. The first-order chi connectivity index (χ1) is 25.5. The Balaban J connectivity index is 0.930. The number of aromatic nitrogens is 4. The van der Waals surface area contributed by atoms with E-state index in [-0.39, 0.29) is 48.4 Å². The van der Waals surface area contributed by atoms with E-state index in [0.717, 1.165) is 16.5 Å². The van der Waals surface area contributed by atoms with Gasteiger partial charge in [-0.05, 0) is 49.2 Å². The minimum atomic E-state index is -0.518. The van der Waals surface area contributed by atoms with Crippen molar-refractivity contribution < 1.29 is 33.4 Å². The van der Waals surface area contributed by atoms with E-state index in [1.165, 1.54) is 11.7 Å². The molecule has 272 valence electrons. The smallest absolute Gasteiger partial charge is 0.291 e. The van der Waals surface area contributed by atoms with Crippen molar-refractivity contribution in [2.75, 3.05) is 38.0 Å². The summed E-state index contributed by atoms with van der Waals surface area (Å²) in [5, 5.41) is 6.37. The molecule has 3 aromatic heterocycles. The van der Waals surface area contributed by atoms with Gasteiger partial charge in [-0.3, -0.25) is 28.7 Å². The molecule has 0 radical (unpaired) electrons. The van der Waals surface area contributed by atoms with Crippen molar-refractivity contribution in [1.82, 2.24) is 23.6 Å². The second-order valence-corrected chi connectivity index (χ2v) is 12.9. The Bertz CT molecular complexity index is 2330. The van der Waals surface area contributed by atoms with Gasteiger partial charge < -0.3 is 38.9 Å². The Kier molecular flexibility index (Phi) is 9.30. The number of carbonyl (C=O) groups is 4. The van der Waals surface area contributed by atoms with Crippen LogP contribution in [0.5, 0.6) is 17.2 Å². The van der Waals surface area contributed by atoms with Crippen molar-refractivity contribution in [1.29, 1.82) is 0 Å². The van der Waals surface area contributed by atoms with Crippen LogP contribution >= 0.6 is 0 Å². The van der Waals surface area contributed by atoms with Crippen molar-refractivity contribution in [3.8, 4) is 17.2 Å². The summed E-state index contributed by atoms with van der Waals surface area (Å²) >= 11 is 0. The van der Waals surface area contributed by atoms with Crippen LogP contribution in [0.2, 0.25) is 0 Å². The number of ether oxygens (including phenoxy) is 3. The van der Waals surface area contributed by atoms with Gasteiger partial charge in [-0.25, -0.2) is 4.98 Å². The van der Waals surface area contributed by atoms with Gasteiger partial charge in [0.25, 0.3) is 17.7 Å². The summed E-state index contributed by atoms with van der Waals surface area (Å²) in [6.45, 7) is 4.70. The molecule has 2 aromatic carbocycles. The van der Waals surface area contributed by atoms with Gasteiger partial charge in [0.15, 0.2) is 17.3 Å². The average molecular weight is 719 g/mol. The number of hydrogen-bond acceptors (Lipinski definition) is 9. The highest BCUT2D eigenvalue weighted by molar-refractivity contribution is 6.06. The molecule has 0 saturated carbocycles. The summed E-state index contributed by atoms with van der Waals surface area (Å²) in [7, 11) is 6.45. The number of fused-ring (bicyclic) bond motifs is 3. The summed E-state index contributed by atoms with van der Waals surface area (Å²) in [6.07, 6.45) is 7.81. The second-order valence-electron chi connectivity index (χ2n) is 12.9. The Morgan fingerprint density at radius 1 is 0.981 bits per heavy atom. The first kappa shape index (κ1) is 34.8. The Morgan fingerprint density at radius 2 is 1.81 bits per heavy atom. The monoisotopic (exact) mass is 718 g/mol. The number of amides is 3. The number of imidazole rings is 1. The molecule has 1 fully saturated rings. The first-order valence-corrected chi connectivity index (χ1v) is 16.9. The molecule has 2 N–H and O–H groups in total. The number of anilines is 2. The number of hydrogen-bond donors (Lipinski definition) is 2. The lowest BCUT2D eigenvalue weighted by molar-refractivity contribution is -0.116. The third-order valence-corrected chi connectivity index (χ3v) is 9.20. The minimum Gasteiger partial charge on any atom is -0.497 e. The fourth-order valence-electron chi connectivity index (χ4n) is 6.54. The molecule has 15 heteroatoms. The number of aryl methyl sites for hydroxylation is 2. The summed E-state index contributed by atoms with van der Waals surface area (Å²) in [5.74, 6) is 0.536. The molecule has 3 amide bonds. The molecule has 0 bridgehead atoms. The predicted octanol–water partition coefficient (Wildman–Crippen LogP) is 4.96. The van der Waals surface area contributed by atoms with E-state index in [1.54, 1.807) is 84.3 Å². The summed E-state index contributed by atoms with van der Waals surface area (Å²) in [4.78, 5) is 63.2. The van der Waals surface area contributed by atoms with Gasteiger partial charge in [0.1, 0.15) is 11.4 Å². The number of methoxy groups -OCH3 is 2. The first-order valence-electron chi connectivity index (χ1n) is 16.9. The van der Waals surface area contributed by atoms with Crippen molar-refractivity contribution >= 4 is 57.9 Å². The van der Waals surface area contributed by atoms with Crippen LogP contribution in [-0.2, 0) is 18.9 Å². The van der Waals surface area contributed by atoms with Gasteiger partial charge in [0.2, 0.25) is 11.7 Å². The Labute approximate surface area is 304 Å². The lowest BCUT2D eigenvalue weighted by Gasteiger charge is -2.20. The number of nitrogens with one attached hydrogen (secondary N) is 2. The summed E-state index contributed by atoms with van der Waals surface area (Å²) < 4.78 is 21.4. The third-order valence-electron chi connectivity index (χ3n) is 9.20. The van der Waals surface area contributed by atoms with Gasteiger partial charge in [0, 0.05) is 63.3 Å². The maximum absolute atomic E-state index is 13.4. The minimum absolute atomic E-state index is 0.0625. The van der Waals surface area contributed by atoms with Gasteiger partial charge in [0.05, 0.1) is 49.3 Å². The molecule has 53 heavy (non-hydrogen) atoms. The molecule has 2 aliphatic heterocycles. The summed E-state index contributed by atoms with van der Waals surface area (Å²) in [6, 6.07) is 12.1. The number of aliphatic imine (C=N–C) groups is 1. The summed E-state index contributed by atoms with van der Waals surface area (Å²) in [5.41, 5.74) is 3.40. The molecular formula is C38H38N8O7. The van der Waals surface area contributed by atoms with Crippen molar-refractivity contribution in [2.24, 2.45) is 19.1 Å². The zero-order valence-electron chi connectivity index (χ0n) is 29.7. The zero-order valence-corrected chi connectivity index (χ0v) is 29.7. The maximum Gasteiger partial charge on any atom is 0.291 e. The van der Waals surface area contributed by atoms with E-state index >= 15 is 0 Å². The molecular weight excluding hydrogens is 680 g/mol. The van der Waals surface area contributed by atoms with Crippen LogP contribution in [0.15, 0.2) is 78.2 Å². The van der Waals surface area contributed by atoms with Gasteiger partial charge in [-0.15, -0.1) is 0 Å². The predicted molar refractivity (Wildman–Crippen MR) is 198 cm³/mol. The van der Waals surface area contributed by atoms with Crippen molar-refractivity contribution in [2.45, 2.75) is 25.3 Å². The molecule has 7 rings (SSSR count). The van der Waals surface area contributed by atoms with Gasteiger partial charge in [-0.1, -0.05) is 12.2 Å². The largest absolute Gasteiger partial charge is 0.497 e. The van der Waals surface area contributed by atoms with Gasteiger partial charge >= 0.3 is 0 Å². The SMILES string of the molecule is C=C1C[C@H]2C=Nc3cc(OCCCC(=O)Nc4cn(C)c(C(=O)Nc5cc(C(=O)n6ccc7cc(OC)ccc76)n(C)c5)n4)c(OC)cc3C(=O)N2C1. The highest BCUT2D eigenvalue weighted by Gasteiger charge is 2.34. The lowest BCUT2D eigenvalue weighted by Crippen LogP contribution is -2.35. The zero-order chi connectivity index (χ0) is 37.4. The molecule has 2 aliphatic rings. The van der Waals surface area contributed by atoms with Crippen molar-refractivity contribution in [3.63, 3.8) is 0 Å². The van der Waals surface area contributed by atoms with Crippen LogP contribution < -0.4 is 24.8 Å². The highest BCUT2D eigenvalue weighted by Crippen LogP contribution is 2.38. The Morgan fingerprint density at radius 3 is 2.60 bits per heavy atom. The molecule has 1 saturated heterocycles. The van der Waals surface area contributed by atoms with Gasteiger partial charge in [-0.2, -0.15) is 0 Å². The number of rotatable bonds is 11. The number of benzene rings is 2. The average Bonchev–Trinajstić information content (AvgIpc) is 3.91. The maximum atomic E-state index is 13.4. The van der Waals surface area contributed by atoms with Crippen LogP contribution in [0, 0.1) is 0 Å². The van der Waals surface area contributed by atoms with Crippen molar-refractivity contribution in [3.05, 3.63) is 90.3 Å². The van der Waals surface area contributed by atoms with E-state index in [0.29, 0.717) is 59.3 Å². The molecule has 15 nitrogen and oxygen atoms in total. The topological polar surface area (TPSA) is 163 Å². The standard InChI is InChI=1S/C38H38N8O7/c1-22-13-25-18-39-28-17-32(31(52-5)16-27(28)37(49)46(25)19-22)53-12-6-7-34(47)41-33-21-44(3)35(42-33)36(48)40-24-15-30(43(2)20-24)38(50)45-11-10-23-14-26(51-4)8-9-29(23)45/h8-11,14-18,20-21,25H,1,6-7,12-13,19H2,2-5H3,(H,40,48)(H,41,47)/t25-/m0/s1. The van der Waals surface area contributed by atoms with E-state index < -0.39 is 5.91 Å². The van der Waals surface area contributed by atoms with Crippen LogP contribution in [0.25, 0.3) is 10.9 Å². The molecule has 1 atom stereocenters. The van der Waals surface area contributed by atoms with E-state index in [1.807, 2.05) is 18.2 Å². The molecule has 5 aromatic rings. The molecule has 0 aliphatic carbocycles. The second kappa shape index (κ2) is 14.2. The lowest BCUT2D eigenvalue weighted by atomic mass is 10.1. The Hall–Kier alpha value is -6.64. The van der Waals surface area contributed by atoms with Crippen LogP contribution in [0.3, 0.4) is 0 Å². The van der Waals surface area contributed by atoms with E-state index in [2.05, 4.69) is 27.2 Å². The van der Waals surface area contributed by atoms with E-state index in [9.17, 15) is 19.2 Å². The highest BCUT2D eigenvalue weighted by atomic mass is 16.5. The quantitative estimate of drug-likeness (QED) is 0.143. The fraction of sp³-hybridized carbons (Fsp3) is 0.263. The molecule has 0 unspecified atom stereocenters. The normalized spacial score (nSPS) is 14.9. The number of nitrogens with zero attached hydrogens (tertiary/aromatic N) is 6.